The van der Waals surface area contributed by atoms with E-state index < -0.39 is 6.10 Å². The summed E-state index contributed by atoms with van der Waals surface area (Å²) in [5, 5.41) is 14.7. The summed E-state index contributed by atoms with van der Waals surface area (Å²) in [5.41, 5.74) is 3.34. The van der Waals surface area contributed by atoms with Gasteiger partial charge < -0.3 is 14.6 Å². The molecule has 0 saturated carbocycles. The Kier molecular flexibility index (Phi) is 7.88. The number of nitrogens with zero attached hydrogens (tertiary/aromatic N) is 3. The van der Waals surface area contributed by atoms with Gasteiger partial charge in [-0.15, -0.1) is 0 Å². The molecule has 30 heavy (non-hydrogen) atoms. The Bertz CT molecular complexity index is 894. The van der Waals surface area contributed by atoms with Crippen molar-refractivity contribution in [2.75, 3.05) is 26.8 Å². The molecule has 0 amide bonds. The predicted octanol–water partition coefficient (Wildman–Crippen LogP) is 3.45. The van der Waals surface area contributed by atoms with Crippen LogP contribution in [0.3, 0.4) is 0 Å². The van der Waals surface area contributed by atoms with Gasteiger partial charge in [-0.25, -0.2) is 0 Å². The molecule has 6 nitrogen and oxygen atoms in total. The smallest absolute Gasteiger partial charge is 0.119 e. The summed E-state index contributed by atoms with van der Waals surface area (Å²) < 4.78 is 13.4. The standard InChI is InChI=1S/C24H31N3O3/c1-19-15-20(2)27(25-19)13-14-29-24-11-9-21(10-12-24)16-26(3)17-22(28)18-30-23-7-5-4-6-8-23/h4-12,15,22,28H,13-14,16-18H2,1-3H3/t22-/m0/s1. The van der Waals surface area contributed by atoms with Crippen LogP contribution in [0, 0.1) is 13.8 Å². The second kappa shape index (κ2) is 10.8. The lowest BCUT2D eigenvalue weighted by Crippen LogP contribution is -2.32. The molecule has 0 radical (unpaired) electrons. The topological polar surface area (TPSA) is 59.8 Å². The van der Waals surface area contributed by atoms with Crippen LogP contribution in [0.5, 0.6) is 11.5 Å². The third-order valence-electron chi connectivity index (χ3n) is 4.76. The van der Waals surface area contributed by atoms with Gasteiger partial charge in [0.25, 0.3) is 0 Å². The molecule has 0 aliphatic rings. The van der Waals surface area contributed by atoms with Crippen LogP contribution < -0.4 is 9.47 Å². The lowest BCUT2D eigenvalue weighted by atomic mass is 10.2. The van der Waals surface area contributed by atoms with Crippen molar-refractivity contribution in [1.29, 1.82) is 0 Å². The first kappa shape index (κ1) is 21.9. The Balaban J connectivity index is 1.38. The van der Waals surface area contributed by atoms with Crippen LogP contribution in [-0.4, -0.2) is 52.7 Å². The molecule has 160 valence electrons. The van der Waals surface area contributed by atoms with Gasteiger partial charge in [-0.2, -0.15) is 5.10 Å². The molecule has 6 heteroatoms. The number of benzene rings is 2. The van der Waals surface area contributed by atoms with Crippen LogP contribution >= 0.6 is 0 Å². The molecular formula is C24H31N3O3. The van der Waals surface area contributed by atoms with Crippen LogP contribution in [0.4, 0.5) is 0 Å². The van der Waals surface area contributed by atoms with Crippen molar-refractivity contribution in [1.82, 2.24) is 14.7 Å². The molecule has 0 fully saturated rings. The maximum Gasteiger partial charge on any atom is 0.119 e. The van der Waals surface area contributed by atoms with Crippen LogP contribution in [0.1, 0.15) is 17.0 Å². The number of likely N-dealkylation sites (N-methyl/N-ethyl adjacent to an activating group) is 1. The van der Waals surface area contributed by atoms with E-state index in [4.69, 9.17) is 9.47 Å². The van der Waals surface area contributed by atoms with Crippen LogP contribution in [0.15, 0.2) is 60.7 Å². The number of aromatic nitrogens is 2. The highest BCUT2D eigenvalue weighted by Gasteiger charge is 2.10. The number of aliphatic hydroxyl groups excluding tert-OH is 1. The number of hydrogen-bond donors (Lipinski definition) is 1. The first-order valence-corrected chi connectivity index (χ1v) is 10.3. The molecule has 3 rings (SSSR count). The van der Waals surface area contributed by atoms with Crippen molar-refractivity contribution in [3.05, 3.63) is 77.6 Å². The first-order chi connectivity index (χ1) is 14.5. The molecule has 0 bridgehead atoms. The summed E-state index contributed by atoms with van der Waals surface area (Å²) in [7, 11) is 1.99. The fourth-order valence-corrected chi connectivity index (χ4v) is 3.34. The Morgan fingerprint density at radius 3 is 2.37 bits per heavy atom. The minimum atomic E-state index is -0.549. The second-order valence-electron chi connectivity index (χ2n) is 7.62. The number of rotatable bonds is 11. The molecule has 0 saturated heterocycles. The van der Waals surface area contributed by atoms with Crippen molar-refractivity contribution < 1.29 is 14.6 Å². The molecule has 0 unspecified atom stereocenters. The van der Waals surface area contributed by atoms with Gasteiger partial charge in [0.1, 0.15) is 30.8 Å². The van der Waals surface area contributed by atoms with Crippen molar-refractivity contribution >= 4 is 0 Å². The Labute approximate surface area is 178 Å². The zero-order chi connectivity index (χ0) is 21.3. The molecule has 1 N–H and O–H groups in total. The van der Waals surface area contributed by atoms with E-state index >= 15 is 0 Å². The zero-order valence-corrected chi connectivity index (χ0v) is 18.0. The molecule has 0 aliphatic heterocycles. The number of para-hydroxylation sites is 1. The maximum atomic E-state index is 10.2. The van der Waals surface area contributed by atoms with Gasteiger partial charge in [0.15, 0.2) is 0 Å². The van der Waals surface area contributed by atoms with Gasteiger partial charge in [-0.1, -0.05) is 30.3 Å². The Hall–Kier alpha value is -2.83. The largest absolute Gasteiger partial charge is 0.492 e. The fraction of sp³-hybridized carbons (Fsp3) is 0.375. The van der Waals surface area contributed by atoms with Crippen LogP contribution in [0.2, 0.25) is 0 Å². The SMILES string of the molecule is Cc1cc(C)n(CCOc2ccc(CN(C)C[C@H](O)COc3ccccc3)cc2)n1. The Morgan fingerprint density at radius 2 is 1.70 bits per heavy atom. The second-order valence-corrected chi connectivity index (χ2v) is 7.62. The molecule has 1 heterocycles. The van der Waals surface area contributed by atoms with Crippen molar-refractivity contribution in [2.24, 2.45) is 0 Å². The first-order valence-electron chi connectivity index (χ1n) is 10.3. The van der Waals surface area contributed by atoms with Crippen LogP contribution in [-0.2, 0) is 13.1 Å². The van der Waals surface area contributed by atoms with Gasteiger partial charge in [-0.3, -0.25) is 9.58 Å². The lowest BCUT2D eigenvalue weighted by molar-refractivity contribution is 0.0744. The van der Waals surface area contributed by atoms with E-state index in [0.717, 1.165) is 36.0 Å². The van der Waals surface area contributed by atoms with Crippen molar-refractivity contribution in [3.63, 3.8) is 0 Å². The van der Waals surface area contributed by atoms with E-state index in [-0.39, 0.29) is 6.61 Å². The fourth-order valence-electron chi connectivity index (χ4n) is 3.34. The summed E-state index contributed by atoms with van der Waals surface area (Å²) in [5.74, 6) is 1.62. The number of aryl methyl sites for hydroxylation is 2. The van der Waals surface area contributed by atoms with Crippen LogP contribution in [0.25, 0.3) is 0 Å². The molecular weight excluding hydrogens is 378 g/mol. The third-order valence-corrected chi connectivity index (χ3v) is 4.76. The number of aliphatic hydroxyl groups is 1. The van der Waals surface area contributed by atoms with Gasteiger partial charge in [0.2, 0.25) is 0 Å². The summed E-state index contributed by atoms with van der Waals surface area (Å²) in [4.78, 5) is 2.08. The monoisotopic (exact) mass is 409 g/mol. The van der Waals surface area contributed by atoms with Gasteiger partial charge in [-0.05, 0) is 56.8 Å². The highest BCUT2D eigenvalue weighted by atomic mass is 16.5. The molecule has 0 spiro atoms. The van der Waals surface area contributed by atoms with E-state index in [9.17, 15) is 5.11 Å². The molecule has 2 aromatic carbocycles. The maximum absolute atomic E-state index is 10.2. The van der Waals surface area contributed by atoms with E-state index in [1.165, 1.54) is 5.56 Å². The van der Waals surface area contributed by atoms with E-state index in [2.05, 4.69) is 35.1 Å². The lowest BCUT2D eigenvalue weighted by Gasteiger charge is -2.21. The quantitative estimate of drug-likeness (QED) is 0.526. The minimum absolute atomic E-state index is 0.274. The van der Waals surface area contributed by atoms with Gasteiger partial charge in [0, 0.05) is 18.8 Å². The molecule has 0 aliphatic carbocycles. The molecule has 3 aromatic rings. The summed E-state index contributed by atoms with van der Waals surface area (Å²) in [6, 6.07) is 19.7. The highest BCUT2D eigenvalue weighted by Crippen LogP contribution is 2.14. The van der Waals surface area contributed by atoms with Crippen molar-refractivity contribution in [3.8, 4) is 11.5 Å². The molecule has 1 aromatic heterocycles. The summed E-state index contributed by atoms with van der Waals surface area (Å²) >= 11 is 0. The third kappa shape index (κ3) is 6.90. The van der Waals surface area contributed by atoms with Crippen molar-refractivity contribution in [2.45, 2.75) is 33.0 Å². The summed E-state index contributed by atoms with van der Waals surface area (Å²) in [6.45, 7) is 6.91. The van der Waals surface area contributed by atoms with Gasteiger partial charge in [0.05, 0.1) is 12.2 Å². The van der Waals surface area contributed by atoms with E-state index in [1.54, 1.807) is 0 Å². The summed E-state index contributed by atoms with van der Waals surface area (Å²) in [6.07, 6.45) is -0.549. The van der Waals surface area contributed by atoms with Gasteiger partial charge >= 0.3 is 0 Å². The average Bonchev–Trinajstić information content (AvgIpc) is 3.05. The van der Waals surface area contributed by atoms with E-state index in [1.807, 2.05) is 61.1 Å². The van der Waals surface area contributed by atoms with E-state index in [0.29, 0.717) is 13.2 Å². The molecule has 1 atom stereocenters. The Morgan fingerprint density at radius 1 is 1.00 bits per heavy atom. The minimum Gasteiger partial charge on any atom is -0.492 e. The zero-order valence-electron chi connectivity index (χ0n) is 18.0. The number of ether oxygens (including phenoxy) is 2. The number of hydrogen-bond acceptors (Lipinski definition) is 5. The average molecular weight is 410 g/mol. The predicted molar refractivity (Wildman–Crippen MR) is 118 cm³/mol. The normalized spacial score (nSPS) is 12.2. The highest BCUT2D eigenvalue weighted by molar-refractivity contribution is 5.27.